The van der Waals surface area contributed by atoms with E-state index in [-0.39, 0.29) is 17.4 Å². The summed E-state index contributed by atoms with van der Waals surface area (Å²) in [6, 6.07) is 7.81. The number of amides is 1. The molecule has 1 heterocycles. The Morgan fingerprint density at radius 2 is 2.05 bits per heavy atom. The molecule has 0 unspecified atom stereocenters. The van der Waals surface area contributed by atoms with Gasteiger partial charge in [0.15, 0.2) is 0 Å². The van der Waals surface area contributed by atoms with Crippen LogP contribution in [0.15, 0.2) is 24.3 Å². The summed E-state index contributed by atoms with van der Waals surface area (Å²) in [5, 5.41) is 10.1. The fraction of sp³-hybridized carbons (Fsp3) is 0.562. The maximum atomic E-state index is 12.8. The number of aliphatic hydroxyl groups excluding tert-OH is 1. The lowest BCUT2D eigenvalue weighted by molar-refractivity contribution is -0.152. The molecule has 3 nitrogen and oxygen atoms in total. The quantitative estimate of drug-likeness (QED) is 0.931. The average Bonchev–Trinajstić information content (AvgIpc) is 2.84. The lowest BCUT2D eigenvalue weighted by Crippen LogP contribution is -2.58. The van der Waals surface area contributed by atoms with E-state index in [4.69, 9.17) is 11.6 Å². The number of likely N-dealkylation sites (tertiary alicyclic amines) is 1. The zero-order chi connectivity index (χ0) is 14.2. The van der Waals surface area contributed by atoms with Crippen molar-refractivity contribution in [2.24, 2.45) is 5.41 Å². The normalized spacial score (nSPS) is 21.8. The number of halogens is 1. The molecule has 2 fully saturated rings. The molecule has 20 heavy (non-hydrogen) atoms. The Hall–Kier alpha value is -1.06. The molecule has 4 heteroatoms. The number of rotatable bonds is 3. The van der Waals surface area contributed by atoms with Crippen LogP contribution in [0.2, 0.25) is 5.02 Å². The molecule has 0 spiro atoms. The van der Waals surface area contributed by atoms with Crippen molar-refractivity contribution in [1.29, 1.82) is 0 Å². The fourth-order valence-corrected chi connectivity index (χ4v) is 3.73. The predicted molar refractivity (Wildman–Crippen MR) is 78.6 cm³/mol. The van der Waals surface area contributed by atoms with Gasteiger partial charge in [-0.15, -0.1) is 0 Å². The molecule has 108 valence electrons. The van der Waals surface area contributed by atoms with Crippen LogP contribution in [0.5, 0.6) is 0 Å². The second kappa shape index (κ2) is 5.38. The van der Waals surface area contributed by atoms with E-state index in [1.807, 2.05) is 24.3 Å². The number of aliphatic hydroxyl groups is 1. The number of hydrogen-bond donors (Lipinski definition) is 1. The smallest absolute Gasteiger partial charge is 0.229 e. The summed E-state index contributed by atoms with van der Waals surface area (Å²) >= 11 is 6.05. The predicted octanol–water partition coefficient (Wildman–Crippen LogP) is 2.65. The van der Waals surface area contributed by atoms with Gasteiger partial charge in [0.1, 0.15) is 0 Å². The van der Waals surface area contributed by atoms with Gasteiger partial charge in [-0.05, 0) is 37.0 Å². The SMILES string of the molecule is O=C(N1CC(O)C1)C1(Cc2cccc(Cl)c2)CCCC1. The summed E-state index contributed by atoms with van der Waals surface area (Å²) in [6.45, 7) is 0.992. The van der Waals surface area contributed by atoms with E-state index in [0.717, 1.165) is 42.7 Å². The highest BCUT2D eigenvalue weighted by atomic mass is 35.5. The lowest BCUT2D eigenvalue weighted by Gasteiger charge is -2.42. The fourth-order valence-electron chi connectivity index (χ4n) is 3.51. The van der Waals surface area contributed by atoms with Gasteiger partial charge < -0.3 is 10.0 Å². The molecule has 0 atom stereocenters. The number of carbonyl (C=O) groups excluding carboxylic acids is 1. The number of β-amino-alcohol motifs (C(OH)–C–C–N with tert-alkyl or cyclic N) is 1. The minimum absolute atomic E-state index is 0.222. The van der Waals surface area contributed by atoms with Crippen molar-refractivity contribution in [2.75, 3.05) is 13.1 Å². The molecule has 1 saturated carbocycles. The second-order valence-electron chi connectivity index (χ2n) is 6.16. The van der Waals surface area contributed by atoms with E-state index < -0.39 is 0 Å². The Morgan fingerprint density at radius 1 is 1.35 bits per heavy atom. The number of hydrogen-bond acceptors (Lipinski definition) is 2. The molecule has 1 aliphatic carbocycles. The molecule has 3 rings (SSSR count). The molecule has 1 aromatic carbocycles. The molecular formula is C16H20ClNO2. The van der Waals surface area contributed by atoms with Gasteiger partial charge in [0.25, 0.3) is 0 Å². The first-order chi connectivity index (χ1) is 9.59. The number of benzene rings is 1. The van der Waals surface area contributed by atoms with Crippen molar-refractivity contribution >= 4 is 17.5 Å². The van der Waals surface area contributed by atoms with E-state index in [2.05, 4.69) is 0 Å². The first kappa shape index (κ1) is 13.9. The molecule has 1 N–H and O–H groups in total. The van der Waals surface area contributed by atoms with E-state index in [9.17, 15) is 9.90 Å². The molecule has 1 aromatic rings. The van der Waals surface area contributed by atoms with E-state index in [1.165, 1.54) is 0 Å². The summed E-state index contributed by atoms with van der Waals surface area (Å²) in [5.74, 6) is 0.222. The molecule has 0 bridgehead atoms. The van der Waals surface area contributed by atoms with Gasteiger partial charge in [0.05, 0.1) is 11.5 Å². The van der Waals surface area contributed by atoms with Gasteiger partial charge in [0, 0.05) is 18.1 Å². The van der Waals surface area contributed by atoms with Crippen molar-refractivity contribution in [3.63, 3.8) is 0 Å². The van der Waals surface area contributed by atoms with Gasteiger partial charge in [-0.3, -0.25) is 4.79 Å². The maximum Gasteiger partial charge on any atom is 0.229 e. The maximum absolute atomic E-state index is 12.8. The van der Waals surface area contributed by atoms with Crippen molar-refractivity contribution in [3.8, 4) is 0 Å². The van der Waals surface area contributed by atoms with Gasteiger partial charge in [0.2, 0.25) is 5.91 Å². The summed E-state index contributed by atoms with van der Waals surface area (Å²) in [4.78, 5) is 14.6. The minimum Gasteiger partial charge on any atom is -0.389 e. The van der Waals surface area contributed by atoms with Gasteiger partial charge in [-0.25, -0.2) is 0 Å². The zero-order valence-electron chi connectivity index (χ0n) is 11.5. The Morgan fingerprint density at radius 3 is 2.65 bits per heavy atom. The first-order valence-corrected chi connectivity index (χ1v) is 7.69. The van der Waals surface area contributed by atoms with E-state index in [1.54, 1.807) is 4.90 Å². The third kappa shape index (κ3) is 2.57. The Bertz CT molecular complexity index is 505. The molecule has 0 aromatic heterocycles. The number of carbonyl (C=O) groups is 1. The highest BCUT2D eigenvalue weighted by Crippen LogP contribution is 2.43. The highest BCUT2D eigenvalue weighted by molar-refractivity contribution is 6.30. The first-order valence-electron chi connectivity index (χ1n) is 7.31. The average molecular weight is 294 g/mol. The standard InChI is InChI=1S/C16H20ClNO2/c17-13-5-3-4-12(8-13)9-16(6-1-2-7-16)15(20)18-10-14(19)11-18/h3-5,8,14,19H,1-2,6-7,9-11H2. The number of nitrogens with zero attached hydrogens (tertiary/aromatic N) is 1. The van der Waals surface area contributed by atoms with Gasteiger partial charge in [-0.1, -0.05) is 36.6 Å². The minimum atomic E-state index is -0.330. The summed E-state index contributed by atoms with van der Waals surface area (Å²) in [6.07, 6.45) is 4.56. The van der Waals surface area contributed by atoms with Crippen LogP contribution in [0.4, 0.5) is 0 Å². The van der Waals surface area contributed by atoms with Crippen molar-refractivity contribution in [1.82, 2.24) is 4.90 Å². The van der Waals surface area contributed by atoms with Crippen molar-refractivity contribution in [3.05, 3.63) is 34.9 Å². The zero-order valence-corrected chi connectivity index (χ0v) is 12.3. The van der Waals surface area contributed by atoms with Crippen molar-refractivity contribution < 1.29 is 9.90 Å². The largest absolute Gasteiger partial charge is 0.389 e. The van der Waals surface area contributed by atoms with Crippen LogP contribution in [0.3, 0.4) is 0 Å². The molecule has 2 aliphatic rings. The molecule has 1 aliphatic heterocycles. The van der Waals surface area contributed by atoms with Crippen LogP contribution in [0.25, 0.3) is 0 Å². The lowest BCUT2D eigenvalue weighted by atomic mass is 9.78. The van der Waals surface area contributed by atoms with Crippen LogP contribution in [-0.4, -0.2) is 35.1 Å². The van der Waals surface area contributed by atoms with Crippen LogP contribution >= 0.6 is 11.6 Å². The molecular weight excluding hydrogens is 274 g/mol. The van der Waals surface area contributed by atoms with Crippen LogP contribution in [-0.2, 0) is 11.2 Å². The van der Waals surface area contributed by atoms with E-state index in [0.29, 0.717) is 13.1 Å². The van der Waals surface area contributed by atoms with E-state index >= 15 is 0 Å². The van der Waals surface area contributed by atoms with Gasteiger partial charge in [-0.2, -0.15) is 0 Å². The van der Waals surface area contributed by atoms with Crippen molar-refractivity contribution in [2.45, 2.75) is 38.2 Å². The third-order valence-electron chi connectivity index (χ3n) is 4.60. The van der Waals surface area contributed by atoms with Crippen LogP contribution in [0.1, 0.15) is 31.2 Å². The topological polar surface area (TPSA) is 40.5 Å². The molecule has 0 radical (unpaired) electrons. The monoisotopic (exact) mass is 293 g/mol. The summed E-state index contributed by atoms with van der Waals surface area (Å²) < 4.78 is 0. The molecule has 1 saturated heterocycles. The Labute approximate surface area is 124 Å². The van der Waals surface area contributed by atoms with Crippen LogP contribution < -0.4 is 0 Å². The summed E-state index contributed by atoms with van der Waals surface area (Å²) in [7, 11) is 0. The Kier molecular flexibility index (Phi) is 3.74. The van der Waals surface area contributed by atoms with Crippen LogP contribution in [0, 0.1) is 5.41 Å². The third-order valence-corrected chi connectivity index (χ3v) is 4.83. The highest BCUT2D eigenvalue weighted by Gasteiger charge is 2.46. The summed E-state index contributed by atoms with van der Waals surface area (Å²) in [5.41, 5.74) is 0.860. The second-order valence-corrected chi connectivity index (χ2v) is 6.59. The van der Waals surface area contributed by atoms with Gasteiger partial charge >= 0.3 is 0 Å². The Balaban J connectivity index is 1.79. The molecule has 1 amide bonds.